The first-order valence-corrected chi connectivity index (χ1v) is 10.3. The molecule has 0 aliphatic rings. The molecule has 0 amide bonds. The quantitative estimate of drug-likeness (QED) is 0.565. The summed E-state index contributed by atoms with van der Waals surface area (Å²) in [7, 11) is -3.46. The molecule has 10 heteroatoms. The Hall–Kier alpha value is -1.75. The second-order valence-corrected chi connectivity index (χ2v) is 8.47. The Kier molecular flexibility index (Phi) is 7.33. The predicted molar refractivity (Wildman–Crippen MR) is 101 cm³/mol. The molecule has 8 nitrogen and oxygen atoms in total. The summed E-state index contributed by atoms with van der Waals surface area (Å²) in [5, 5.41) is 0. The first-order chi connectivity index (χ1) is 12.3. The Bertz CT molecular complexity index is 955. The summed E-state index contributed by atoms with van der Waals surface area (Å²) >= 11 is 3.36. The highest BCUT2D eigenvalue weighted by atomic mass is 79.9. The van der Waals surface area contributed by atoms with Crippen LogP contribution < -0.4 is 16.0 Å². The van der Waals surface area contributed by atoms with Gasteiger partial charge in [0, 0.05) is 29.4 Å². The van der Waals surface area contributed by atoms with Crippen LogP contribution in [0.4, 0.5) is 0 Å². The van der Waals surface area contributed by atoms with Gasteiger partial charge in [-0.25, -0.2) is 17.9 Å². The van der Waals surface area contributed by atoms with Gasteiger partial charge in [-0.05, 0) is 31.0 Å². The maximum Gasteiger partial charge on any atom is 0.330 e. The zero-order valence-corrected chi connectivity index (χ0v) is 16.5. The lowest BCUT2D eigenvalue weighted by atomic mass is 10.1. The van der Waals surface area contributed by atoms with Crippen molar-refractivity contribution < 1.29 is 13.2 Å². The van der Waals surface area contributed by atoms with E-state index in [9.17, 15) is 18.0 Å². The minimum absolute atomic E-state index is 0.0580. The molecule has 1 aromatic carbocycles. The van der Waals surface area contributed by atoms with Crippen molar-refractivity contribution in [3.05, 3.63) is 67.4 Å². The van der Waals surface area contributed by atoms with E-state index in [1.54, 1.807) is 6.92 Å². The number of halogens is 1. The largest absolute Gasteiger partial charge is 0.361 e. The van der Waals surface area contributed by atoms with E-state index in [-0.39, 0.29) is 31.6 Å². The molecule has 2 N–H and O–H groups in total. The van der Waals surface area contributed by atoms with Crippen LogP contribution in [0, 0.1) is 0 Å². The number of nitrogens with zero attached hydrogens (tertiary/aromatic N) is 1. The summed E-state index contributed by atoms with van der Waals surface area (Å²) in [6.45, 7) is 1.88. The van der Waals surface area contributed by atoms with Crippen molar-refractivity contribution in [2.75, 3.05) is 12.4 Å². The van der Waals surface area contributed by atoms with Gasteiger partial charge in [-0.3, -0.25) is 14.3 Å². The number of hydrogen-bond donors (Lipinski definition) is 2. The second kappa shape index (κ2) is 9.26. The normalized spacial score (nSPS) is 12.8. The predicted octanol–water partition coefficient (Wildman–Crippen LogP) is 1.34. The van der Waals surface area contributed by atoms with E-state index in [1.807, 2.05) is 24.3 Å². The van der Waals surface area contributed by atoms with Gasteiger partial charge in [0.25, 0.3) is 5.56 Å². The van der Waals surface area contributed by atoms with Gasteiger partial charge in [0.2, 0.25) is 10.0 Å². The highest BCUT2D eigenvalue weighted by Gasteiger charge is 2.15. The van der Waals surface area contributed by atoms with E-state index < -0.39 is 21.3 Å². The number of rotatable bonds is 9. The highest BCUT2D eigenvalue weighted by Crippen LogP contribution is 2.18. The minimum Gasteiger partial charge on any atom is -0.361 e. The fourth-order valence-corrected chi connectivity index (χ4v) is 3.94. The Morgan fingerprint density at radius 2 is 2.08 bits per heavy atom. The Morgan fingerprint density at radius 1 is 1.31 bits per heavy atom. The van der Waals surface area contributed by atoms with Crippen molar-refractivity contribution in [3.63, 3.8) is 0 Å². The number of aromatic nitrogens is 2. The third-order valence-electron chi connectivity index (χ3n) is 3.53. The SMILES string of the molecule is C[C@@H](NS(=O)(=O)CCCOCn1ccc(=O)[nH]c1=O)c1cccc(Br)c1. The fraction of sp³-hybridized carbons (Fsp3) is 0.375. The van der Waals surface area contributed by atoms with Crippen molar-refractivity contribution in [2.45, 2.75) is 26.1 Å². The van der Waals surface area contributed by atoms with Crippen molar-refractivity contribution in [1.82, 2.24) is 14.3 Å². The van der Waals surface area contributed by atoms with E-state index in [0.717, 1.165) is 10.0 Å². The van der Waals surface area contributed by atoms with Gasteiger partial charge in [0.05, 0.1) is 5.75 Å². The standard InChI is InChI=1S/C16H20BrN3O5S/c1-12(13-4-2-5-14(17)10-13)19-26(23,24)9-3-8-25-11-20-7-6-15(21)18-16(20)22/h2,4-7,10,12,19H,3,8-9,11H2,1H3,(H,18,21,22)/t12-/m1/s1. The average Bonchev–Trinajstić information content (AvgIpc) is 2.56. The van der Waals surface area contributed by atoms with E-state index in [2.05, 4.69) is 25.6 Å². The Labute approximate surface area is 159 Å². The smallest absolute Gasteiger partial charge is 0.330 e. The van der Waals surface area contributed by atoms with Gasteiger partial charge in [0.1, 0.15) is 6.73 Å². The third kappa shape index (κ3) is 6.52. The van der Waals surface area contributed by atoms with E-state index in [0.29, 0.717) is 0 Å². The van der Waals surface area contributed by atoms with Gasteiger partial charge < -0.3 is 4.74 Å². The van der Waals surface area contributed by atoms with Crippen LogP contribution in [0.3, 0.4) is 0 Å². The summed E-state index contributed by atoms with van der Waals surface area (Å²) < 4.78 is 34.3. The van der Waals surface area contributed by atoms with Crippen LogP contribution in [0.15, 0.2) is 50.6 Å². The lowest BCUT2D eigenvalue weighted by Crippen LogP contribution is -2.30. The Balaban J connectivity index is 1.77. The molecule has 0 fully saturated rings. The molecule has 0 saturated carbocycles. The lowest BCUT2D eigenvalue weighted by Gasteiger charge is -2.15. The summed E-state index contributed by atoms with van der Waals surface area (Å²) in [5.74, 6) is -0.0914. The van der Waals surface area contributed by atoms with E-state index >= 15 is 0 Å². The molecule has 0 aliphatic carbocycles. The van der Waals surface area contributed by atoms with Crippen molar-refractivity contribution in [1.29, 1.82) is 0 Å². The summed E-state index contributed by atoms with van der Waals surface area (Å²) in [6.07, 6.45) is 1.60. The summed E-state index contributed by atoms with van der Waals surface area (Å²) in [6, 6.07) is 8.29. The van der Waals surface area contributed by atoms with Crippen LogP contribution in [0.25, 0.3) is 0 Å². The lowest BCUT2D eigenvalue weighted by molar-refractivity contribution is 0.0744. The molecular formula is C16H20BrN3O5S. The van der Waals surface area contributed by atoms with E-state index in [1.165, 1.54) is 16.8 Å². The number of H-pyrrole nitrogens is 1. The number of ether oxygens (including phenoxy) is 1. The van der Waals surface area contributed by atoms with Crippen molar-refractivity contribution >= 4 is 26.0 Å². The highest BCUT2D eigenvalue weighted by molar-refractivity contribution is 9.10. The molecule has 0 saturated heterocycles. The van der Waals surface area contributed by atoms with Crippen molar-refractivity contribution in [3.8, 4) is 0 Å². The molecule has 0 aliphatic heterocycles. The van der Waals surface area contributed by atoms with Crippen LogP contribution in [0.2, 0.25) is 0 Å². The molecule has 142 valence electrons. The monoisotopic (exact) mass is 445 g/mol. The molecule has 2 rings (SSSR count). The van der Waals surface area contributed by atoms with Gasteiger partial charge in [-0.1, -0.05) is 28.1 Å². The van der Waals surface area contributed by atoms with Gasteiger partial charge in [0.15, 0.2) is 0 Å². The minimum atomic E-state index is -3.46. The van der Waals surface area contributed by atoms with Crippen LogP contribution >= 0.6 is 15.9 Å². The maximum absolute atomic E-state index is 12.2. The molecular weight excluding hydrogens is 426 g/mol. The molecule has 26 heavy (non-hydrogen) atoms. The van der Waals surface area contributed by atoms with Crippen molar-refractivity contribution in [2.24, 2.45) is 0 Å². The second-order valence-electron chi connectivity index (χ2n) is 5.68. The molecule has 0 radical (unpaired) electrons. The van der Waals surface area contributed by atoms with Gasteiger partial charge >= 0.3 is 5.69 Å². The molecule has 2 aromatic rings. The summed E-state index contributed by atoms with van der Waals surface area (Å²) in [5.41, 5.74) is -0.200. The topological polar surface area (TPSA) is 110 Å². The zero-order valence-electron chi connectivity index (χ0n) is 14.1. The Morgan fingerprint density at radius 3 is 2.77 bits per heavy atom. The average molecular weight is 446 g/mol. The van der Waals surface area contributed by atoms with E-state index in [4.69, 9.17) is 4.74 Å². The fourth-order valence-electron chi connectivity index (χ4n) is 2.23. The first kappa shape index (κ1) is 20.6. The molecule has 1 atom stereocenters. The van der Waals surface area contributed by atoms with Gasteiger partial charge in [-0.2, -0.15) is 0 Å². The van der Waals surface area contributed by atoms with Crippen LogP contribution in [0.5, 0.6) is 0 Å². The van der Waals surface area contributed by atoms with Crippen LogP contribution in [0.1, 0.15) is 24.9 Å². The number of aromatic amines is 1. The molecule has 1 aromatic heterocycles. The van der Waals surface area contributed by atoms with Crippen LogP contribution in [-0.2, 0) is 21.5 Å². The number of sulfonamides is 1. The maximum atomic E-state index is 12.2. The summed E-state index contributed by atoms with van der Waals surface area (Å²) in [4.78, 5) is 24.5. The number of hydrogen-bond acceptors (Lipinski definition) is 5. The number of benzene rings is 1. The zero-order chi connectivity index (χ0) is 19.2. The number of nitrogens with one attached hydrogen (secondary N) is 2. The van der Waals surface area contributed by atoms with Gasteiger partial charge in [-0.15, -0.1) is 0 Å². The molecule has 1 heterocycles. The van der Waals surface area contributed by atoms with Crippen LogP contribution in [-0.4, -0.2) is 30.3 Å². The molecule has 0 bridgehead atoms. The molecule has 0 unspecified atom stereocenters. The molecule has 0 spiro atoms. The third-order valence-corrected chi connectivity index (χ3v) is 5.57. The first-order valence-electron chi connectivity index (χ1n) is 7.90.